The minimum Gasteiger partial charge on any atom is -0.383 e. The Morgan fingerprint density at radius 2 is 1.54 bits per heavy atom. The maximum Gasteiger partial charge on any atom is 0.152 e. The van der Waals surface area contributed by atoms with Crippen molar-refractivity contribution in [2.24, 2.45) is 0 Å². The lowest BCUT2D eigenvalue weighted by molar-refractivity contribution is 0.684. The van der Waals surface area contributed by atoms with Crippen molar-refractivity contribution in [3.8, 4) is 0 Å². The molecule has 0 atom stereocenters. The van der Waals surface area contributed by atoms with E-state index >= 15 is 0 Å². The van der Waals surface area contributed by atoms with Crippen LogP contribution in [-0.2, 0) is 19.6 Å². The smallest absolute Gasteiger partial charge is 0.152 e. The van der Waals surface area contributed by atoms with Crippen LogP contribution in [0.25, 0.3) is 21.7 Å². The second-order valence-corrected chi connectivity index (χ2v) is 8.52. The first-order valence-electron chi connectivity index (χ1n) is 11.5. The highest BCUT2D eigenvalue weighted by atomic mass is 15.3. The van der Waals surface area contributed by atoms with Gasteiger partial charge in [0.15, 0.2) is 5.82 Å². The number of benzene rings is 2. The highest BCUT2D eigenvalue weighted by Crippen LogP contribution is 2.24. The number of anilines is 2. The molecule has 0 aliphatic rings. The lowest BCUT2D eigenvalue weighted by Gasteiger charge is -2.11. The minimum absolute atomic E-state index is 0.548. The zero-order chi connectivity index (χ0) is 23.6. The van der Waals surface area contributed by atoms with Gasteiger partial charge in [0.1, 0.15) is 11.3 Å². The molecule has 8 nitrogen and oxygen atoms in total. The van der Waals surface area contributed by atoms with E-state index in [-0.39, 0.29) is 0 Å². The Hall–Kier alpha value is -4.72. The summed E-state index contributed by atoms with van der Waals surface area (Å²) >= 11 is 0. The molecule has 0 bridgehead atoms. The Morgan fingerprint density at radius 1 is 0.771 bits per heavy atom. The highest BCUT2D eigenvalue weighted by molar-refractivity contribution is 5.91. The first-order valence-corrected chi connectivity index (χ1v) is 11.5. The Bertz CT molecular complexity index is 1600. The van der Waals surface area contributed by atoms with Crippen molar-refractivity contribution < 1.29 is 0 Å². The van der Waals surface area contributed by atoms with Gasteiger partial charge < -0.3 is 11.1 Å². The summed E-state index contributed by atoms with van der Waals surface area (Å²) < 4.78 is 3.92. The fourth-order valence-corrected chi connectivity index (χ4v) is 4.33. The van der Waals surface area contributed by atoms with E-state index in [2.05, 4.69) is 61.9 Å². The summed E-state index contributed by atoms with van der Waals surface area (Å²) in [6.07, 6.45) is 9.20. The largest absolute Gasteiger partial charge is 0.383 e. The Kier molecular flexibility index (Phi) is 5.31. The van der Waals surface area contributed by atoms with E-state index in [1.165, 1.54) is 11.1 Å². The van der Waals surface area contributed by atoms with Crippen molar-refractivity contribution in [1.82, 2.24) is 29.5 Å². The number of nitrogens with zero attached hydrogens (tertiary/aromatic N) is 6. The van der Waals surface area contributed by atoms with Gasteiger partial charge in [0.2, 0.25) is 0 Å². The van der Waals surface area contributed by atoms with Crippen LogP contribution in [-0.4, -0.2) is 29.5 Å². The second kappa shape index (κ2) is 8.90. The van der Waals surface area contributed by atoms with Gasteiger partial charge in [-0.05, 0) is 46.3 Å². The maximum absolute atomic E-state index is 5.99. The third-order valence-corrected chi connectivity index (χ3v) is 6.13. The molecule has 0 amide bonds. The van der Waals surface area contributed by atoms with E-state index in [1.54, 1.807) is 12.4 Å². The molecule has 4 heterocycles. The molecule has 6 aromatic rings. The number of aromatic nitrogens is 6. The molecule has 0 aliphatic carbocycles. The Balaban J connectivity index is 1.22. The summed E-state index contributed by atoms with van der Waals surface area (Å²) in [5.74, 6) is 1.36. The van der Waals surface area contributed by atoms with Crippen LogP contribution in [0.5, 0.6) is 0 Å². The number of fused-ring (bicyclic) bond motifs is 2. The zero-order valence-electron chi connectivity index (χ0n) is 19.0. The molecule has 6 rings (SSSR count). The van der Waals surface area contributed by atoms with Crippen molar-refractivity contribution in [2.45, 2.75) is 19.6 Å². The molecule has 2 aromatic carbocycles. The van der Waals surface area contributed by atoms with Gasteiger partial charge >= 0.3 is 0 Å². The van der Waals surface area contributed by atoms with Gasteiger partial charge in [-0.25, -0.2) is 9.97 Å². The predicted molar refractivity (Wildman–Crippen MR) is 138 cm³/mol. The average Bonchev–Trinajstić information content (AvgIpc) is 3.54. The van der Waals surface area contributed by atoms with Crippen molar-refractivity contribution in [3.63, 3.8) is 0 Å². The van der Waals surface area contributed by atoms with Gasteiger partial charge in [-0.1, -0.05) is 36.4 Å². The molecule has 0 fully saturated rings. The monoisotopic (exact) mass is 460 g/mol. The number of pyridine rings is 2. The number of nitrogens with one attached hydrogen (secondary N) is 1. The summed E-state index contributed by atoms with van der Waals surface area (Å²) in [6, 6.07) is 20.7. The number of hydrogen-bond acceptors (Lipinski definition) is 6. The van der Waals surface area contributed by atoms with Crippen molar-refractivity contribution >= 4 is 33.3 Å². The fourth-order valence-electron chi connectivity index (χ4n) is 4.33. The summed E-state index contributed by atoms with van der Waals surface area (Å²) in [6.45, 7) is 2.06. The van der Waals surface area contributed by atoms with E-state index in [4.69, 9.17) is 5.73 Å². The van der Waals surface area contributed by atoms with Crippen LogP contribution < -0.4 is 11.1 Å². The van der Waals surface area contributed by atoms with Crippen LogP contribution in [0.3, 0.4) is 0 Å². The van der Waals surface area contributed by atoms with Gasteiger partial charge in [0, 0.05) is 42.1 Å². The third-order valence-electron chi connectivity index (χ3n) is 6.13. The molecular formula is C27H24N8. The van der Waals surface area contributed by atoms with Gasteiger partial charge in [-0.2, -0.15) is 10.2 Å². The molecule has 0 spiro atoms. The lowest BCUT2D eigenvalue weighted by atomic mass is 10.1. The van der Waals surface area contributed by atoms with Crippen LogP contribution in [0.1, 0.15) is 16.7 Å². The predicted octanol–water partition coefficient (Wildman–Crippen LogP) is 4.47. The average molecular weight is 461 g/mol. The van der Waals surface area contributed by atoms with E-state index in [9.17, 15) is 0 Å². The van der Waals surface area contributed by atoms with Crippen LogP contribution in [0.15, 0.2) is 91.6 Å². The number of nitrogen functional groups attached to an aromatic ring is 1. The lowest BCUT2D eigenvalue weighted by Crippen LogP contribution is -2.07. The van der Waals surface area contributed by atoms with Crippen LogP contribution in [0.2, 0.25) is 0 Å². The molecule has 0 unspecified atom stereocenters. The van der Waals surface area contributed by atoms with E-state index in [0.717, 1.165) is 39.6 Å². The molecule has 0 radical (unpaired) electrons. The normalized spacial score (nSPS) is 11.3. The summed E-state index contributed by atoms with van der Waals surface area (Å²) in [4.78, 5) is 8.78. The second-order valence-electron chi connectivity index (χ2n) is 8.52. The Morgan fingerprint density at radius 3 is 2.37 bits per heavy atom. The standard InChI is InChI=1S/C27H24N8/c28-26-24-7-6-21(14-22(24)8-11-29-26)15-31-27-25-23(9-12-30-27)16-33-35(25)18-20-4-2-19(3-5-20)17-34-13-1-10-32-34/h1-14,16H,15,17-18H2,(H2,28,29)(H,30,31). The minimum atomic E-state index is 0.548. The summed E-state index contributed by atoms with van der Waals surface area (Å²) in [5, 5.41) is 15.5. The van der Waals surface area contributed by atoms with Crippen molar-refractivity contribution in [1.29, 1.82) is 0 Å². The molecule has 172 valence electrons. The van der Waals surface area contributed by atoms with E-state index in [1.807, 2.05) is 52.2 Å². The molecule has 0 saturated heterocycles. The topological polar surface area (TPSA) is 99.5 Å². The first kappa shape index (κ1) is 20.9. The van der Waals surface area contributed by atoms with Crippen LogP contribution >= 0.6 is 0 Å². The Labute approximate surface area is 202 Å². The number of nitrogens with two attached hydrogens (primary N) is 1. The molecule has 4 aromatic heterocycles. The fraction of sp³-hybridized carbons (Fsp3) is 0.111. The quantitative estimate of drug-likeness (QED) is 0.365. The van der Waals surface area contributed by atoms with Gasteiger partial charge in [0.25, 0.3) is 0 Å². The number of hydrogen-bond donors (Lipinski definition) is 2. The van der Waals surface area contributed by atoms with Crippen molar-refractivity contribution in [3.05, 3.63) is 108 Å². The summed E-state index contributed by atoms with van der Waals surface area (Å²) in [5.41, 5.74) is 10.5. The molecule has 8 heteroatoms. The molecule has 0 saturated carbocycles. The van der Waals surface area contributed by atoms with E-state index < -0.39 is 0 Å². The number of rotatable bonds is 7. The SMILES string of the molecule is Nc1nccc2cc(CNc3nccc4cnn(Cc5ccc(Cn6cccn6)cc5)c34)ccc12. The van der Waals surface area contributed by atoms with Crippen molar-refractivity contribution in [2.75, 3.05) is 11.1 Å². The van der Waals surface area contributed by atoms with Gasteiger partial charge in [-0.3, -0.25) is 9.36 Å². The first-order chi connectivity index (χ1) is 17.2. The molecule has 35 heavy (non-hydrogen) atoms. The highest BCUT2D eigenvalue weighted by Gasteiger charge is 2.11. The zero-order valence-corrected chi connectivity index (χ0v) is 19.0. The molecule has 3 N–H and O–H groups in total. The van der Waals surface area contributed by atoms with Gasteiger partial charge in [-0.15, -0.1) is 0 Å². The molecular weight excluding hydrogens is 436 g/mol. The third kappa shape index (κ3) is 4.29. The summed E-state index contributed by atoms with van der Waals surface area (Å²) in [7, 11) is 0. The van der Waals surface area contributed by atoms with Crippen LogP contribution in [0.4, 0.5) is 11.6 Å². The maximum atomic E-state index is 5.99. The van der Waals surface area contributed by atoms with Crippen LogP contribution in [0, 0.1) is 0 Å². The van der Waals surface area contributed by atoms with E-state index in [0.29, 0.717) is 18.9 Å². The molecule has 0 aliphatic heterocycles. The van der Waals surface area contributed by atoms with Gasteiger partial charge in [0.05, 0.1) is 19.3 Å².